The first kappa shape index (κ1) is 13.0. The van der Waals surface area contributed by atoms with Crippen molar-refractivity contribution >= 4 is 21.9 Å². The molecule has 0 atom stereocenters. The Kier molecular flexibility index (Phi) is 2.69. The zero-order valence-corrected chi connectivity index (χ0v) is 12.6. The molecule has 2 N–H and O–H groups in total. The molecule has 5 rings (SSSR count). The Morgan fingerprint density at radius 2 is 1.83 bits per heavy atom. The maximum absolute atomic E-state index is 4.74. The van der Waals surface area contributed by atoms with Crippen molar-refractivity contribution in [1.82, 2.24) is 30.1 Å². The smallest absolute Gasteiger partial charge is 0.135 e. The van der Waals surface area contributed by atoms with Crippen LogP contribution in [0.15, 0.2) is 61.1 Å². The van der Waals surface area contributed by atoms with Crippen LogP contribution in [-0.2, 0) is 0 Å². The highest BCUT2D eigenvalue weighted by Crippen LogP contribution is 2.28. The summed E-state index contributed by atoms with van der Waals surface area (Å²) >= 11 is 0. The molecule has 0 aliphatic rings. The zero-order chi connectivity index (χ0) is 15.9. The van der Waals surface area contributed by atoms with Crippen LogP contribution in [0.2, 0.25) is 0 Å². The van der Waals surface area contributed by atoms with Crippen molar-refractivity contribution in [3.63, 3.8) is 0 Å². The lowest BCUT2D eigenvalue weighted by Crippen LogP contribution is -1.89. The summed E-state index contributed by atoms with van der Waals surface area (Å²) in [6.45, 7) is 0. The van der Waals surface area contributed by atoms with Gasteiger partial charge in [0.2, 0.25) is 0 Å². The predicted octanol–water partition coefficient (Wildman–Crippen LogP) is 3.56. The fourth-order valence-electron chi connectivity index (χ4n) is 2.86. The first-order valence-electron chi connectivity index (χ1n) is 7.58. The number of benzene rings is 1. The molecule has 5 aromatic rings. The van der Waals surface area contributed by atoms with E-state index in [2.05, 4.69) is 37.3 Å². The summed E-state index contributed by atoms with van der Waals surface area (Å²) in [4.78, 5) is 16.6. The number of nitrogens with zero attached hydrogens (tertiary/aromatic N) is 4. The molecule has 114 valence electrons. The van der Waals surface area contributed by atoms with Crippen molar-refractivity contribution in [2.24, 2.45) is 0 Å². The third kappa shape index (κ3) is 1.97. The monoisotopic (exact) mass is 312 g/mol. The quantitative estimate of drug-likeness (QED) is 0.522. The second kappa shape index (κ2) is 4.99. The van der Waals surface area contributed by atoms with Crippen LogP contribution in [0.25, 0.3) is 44.7 Å². The van der Waals surface area contributed by atoms with Gasteiger partial charge < -0.3 is 4.98 Å². The van der Waals surface area contributed by atoms with E-state index in [1.165, 1.54) is 0 Å². The van der Waals surface area contributed by atoms with E-state index < -0.39 is 0 Å². The SMILES string of the molecule is c1ccc2[nH]c(-c3n[nH]c4ccc(-c5cnccn5)nc34)cc2c1. The maximum atomic E-state index is 4.74. The average molecular weight is 312 g/mol. The van der Waals surface area contributed by atoms with Gasteiger partial charge in [-0.3, -0.25) is 15.1 Å². The minimum absolute atomic E-state index is 0.739. The van der Waals surface area contributed by atoms with Crippen LogP contribution >= 0.6 is 0 Å². The topological polar surface area (TPSA) is 83.1 Å². The number of hydrogen-bond acceptors (Lipinski definition) is 4. The van der Waals surface area contributed by atoms with Crippen molar-refractivity contribution in [1.29, 1.82) is 0 Å². The van der Waals surface area contributed by atoms with Crippen LogP contribution < -0.4 is 0 Å². The van der Waals surface area contributed by atoms with E-state index in [1.54, 1.807) is 18.6 Å². The molecule has 0 unspecified atom stereocenters. The molecule has 0 spiro atoms. The van der Waals surface area contributed by atoms with Gasteiger partial charge in [0.1, 0.15) is 16.9 Å². The third-order valence-electron chi connectivity index (χ3n) is 4.02. The lowest BCUT2D eigenvalue weighted by atomic mass is 10.2. The number of nitrogens with one attached hydrogen (secondary N) is 2. The van der Waals surface area contributed by atoms with Crippen LogP contribution in [0.1, 0.15) is 0 Å². The van der Waals surface area contributed by atoms with E-state index in [0.29, 0.717) is 0 Å². The Balaban J connectivity index is 1.71. The van der Waals surface area contributed by atoms with Crippen LogP contribution in [-0.4, -0.2) is 30.1 Å². The minimum Gasteiger partial charge on any atom is -0.353 e. The van der Waals surface area contributed by atoms with Crippen molar-refractivity contribution in [2.75, 3.05) is 0 Å². The second-order valence-electron chi connectivity index (χ2n) is 5.53. The number of para-hydroxylation sites is 1. The Labute approximate surface area is 136 Å². The number of rotatable bonds is 2. The molecule has 0 radical (unpaired) electrons. The van der Waals surface area contributed by atoms with Gasteiger partial charge in [-0.25, -0.2) is 4.98 Å². The van der Waals surface area contributed by atoms with Crippen LogP contribution in [0.5, 0.6) is 0 Å². The van der Waals surface area contributed by atoms with E-state index in [9.17, 15) is 0 Å². The van der Waals surface area contributed by atoms with Gasteiger partial charge in [-0.1, -0.05) is 18.2 Å². The lowest BCUT2D eigenvalue weighted by Gasteiger charge is -1.99. The summed E-state index contributed by atoms with van der Waals surface area (Å²) in [6, 6.07) is 14.1. The number of pyridine rings is 1. The van der Waals surface area contributed by atoms with E-state index in [-0.39, 0.29) is 0 Å². The highest BCUT2D eigenvalue weighted by molar-refractivity contribution is 5.94. The van der Waals surface area contributed by atoms with Gasteiger partial charge in [-0.15, -0.1) is 0 Å². The largest absolute Gasteiger partial charge is 0.353 e. The number of fused-ring (bicyclic) bond motifs is 2. The average Bonchev–Trinajstić information content (AvgIpc) is 3.25. The van der Waals surface area contributed by atoms with Crippen LogP contribution in [0.4, 0.5) is 0 Å². The Hall–Kier alpha value is -3.54. The van der Waals surface area contributed by atoms with Crippen molar-refractivity contribution in [2.45, 2.75) is 0 Å². The van der Waals surface area contributed by atoms with E-state index in [1.807, 2.05) is 30.3 Å². The van der Waals surface area contributed by atoms with Crippen LogP contribution in [0.3, 0.4) is 0 Å². The van der Waals surface area contributed by atoms with Gasteiger partial charge >= 0.3 is 0 Å². The summed E-state index contributed by atoms with van der Waals surface area (Å²) in [7, 11) is 0. The molecule has 4 heterocycles. The summed E-state index contributed by atoms with van der Waals surface area (Å²) < 4.78 is 0. The molecule has 0 saturated carbocycles. The zero-order valence-electron chi connectivity index (χ0n) is 12.6. The third-order valence-corrected chi connectivity index (χ3v) is 4.02. The number of aromatic amines is 2. The molecular weight excluding hydrogens is 300 g/mol. The van der Waals surface area contributed by atoms with Gasteiger partial charge in [0.25, 0.3) is 0 Å². The molecule has 0 bridgehead atoms. The molecule has 0 aliphatic carbocycles. The summed E-state index contributed by atoms with van der Waals surface area (Å²) in [5.74, 6) is 0. The van der Waals surface area contributed by atoms with Crippen molar-refractivity contribution in [3.05, 3.63) is 61.1 Å². The predicted molar refractivity (Wildman–Crippen MR) is 92.2 cm³/mol. The second-order valence-corrected chi connectivity index (χ2v) is 5.53. The number of aromatic nitrogens is 6. The Morgan fingerprint density at radius 1 is 0.875 bits per heavy atom. The van der Waals surface area contributed by atoms with Crippen molar-refractivity contribution in [3.8, 4) is 22.8 Å². The minimum atomic E-state index is 0.739. The molecule has 6 heteroatoms. The molecular formula is C18H12N6. The highest BCUT2D eigenvalue weighted by Gasteiger charge is 2.13. The summed E-state index contributed by atoms with van der Waals surface area (Å²) in [5.41, 5.74) is 6.02. The first-order chi connectivity index (χ1) is 11.9. The molecule has 0 aliphatic heterocycles. The summed E-state index contributed by atoms with van der Waals surface area (Å²) in [5, 5.41) is 8.63. The van der Waals surface area contributed by atoms with E-state index in [4.69, 9.17) is 4.98 Å². The molecule has 0 amide bonds. The number of H-pyrrole nitrogens is 2. The molecule has 0 saturated heterocycles. The lowest BCUT2D eigenvalue weighted by molar-refractivity contribution is 1.12. The standard InChI is InChI=1S/C18H12N6/c1-2-4-12-11(3-1)9-15(21-12)18-17-14(23-24-18)6-5-13(22-17)16-10-19-7-8-20-16/h1-10,21H,(H,23,24). The Morgan fingerprint density at radius 3 is 2.71 bits per heavy atom. The fraction of sp³-hybridized carbons (Fsp3) is 0. The molecule has 6 nitrogen and oxygen atoms in total. The van der Waals surface area contributed by atoms with Gasteiger partial charge in [-0.05, 0) is 24.3 Å². The maximum Gasteiger partial charge on any atom is 0.135 e. The van der Waals surface area contributed by atoms with Gasteiger partial charge in [-0.2, -0.15) is 5.10 Å². The molecule has 24 heavy (non-hydrogen) atoms. The van der Waals surface area contributed by atoms with Crippen LogP contribution in [0, 0.1) is 0 Å². The molecule has 4 aromatic heterocycles. The number of hydrogen-bond donors (Lipinski definition) is 2. The van der Waals surface area contributed by atoms with E-state index in [0.717, 1.165) is 44.7 Å². The van der Waals surface area contributed by atoms with Gasteiger partial charge in [0, 0.05) is 23.3 Å². The first-order valence-corrected chi connectivity index (χ1v) is 7.58. The summed E-state index contributed by atoms with van der Waals surface area (Å²) in [6.07, 6.45) is 5.02. The Bertz CT molecular complexity index is 1120. The van der Waals surface area contributed by atoms with Crippen molar-refractivity contribution < 1.29 is 0 Å². The highest BCUT2D eigenvalue weighted by atomic mass is 15.1. The van der Waals surface area contributed by atoms with Gasteiger partial charge in [0.05, 0.1) is 23.1 Å². The fourth-order valence-corrected chi connectivity index (χ4v) is 2.86. The molecule has 0 fully saturated rings. The normalized spacial score (nSPS) is 11.3. The van der Waals surface area contributed by atoms with Gasteiger partial charge in [0.15, 0.2) is 0 Å². The van der Waals surface area contributed by atoms with E-state index >= 15 is 0 Å². The molecule has 1 aromatic carbocycles.